The van der Waals surface area contributed by atoms with Gasteiger partial charge < -0.3 is 15.0 Å². The highest BCUT2D eigenvalue weighted by Crippen LogP contribution is 2.36. The zero-order valence-corrected chi connectivity index (χ0v) is 22.3. The highest BCUT2D eigenvalue weighted by molar-refractivity contribution is 6.07. The molecule has 0 saturated carbocycles. The maximum atomic E-state index is 13.2. The van der Waals surface area contributed by atoms with E-state index in [1.807, 2.05) is 62.4 Å². The Hall–Kier alpha value is -5.77. The molecule has 6 rings (SSSR count). The van der Waals surface area contributed by atoms with Crippen LogP contribution in [0.1, 0.15) is 18.2 Å². The van der Waals surface area contributed by atoms with Gasteiger partial charge in [-0.25, -0.2) is 19.4 Å². The quantitative estimate of drug-likeness (QED) is 0.222. The fraction of sp³-hybridized carbons (Fsp3) is 0.0645. The summed E-state index contributed by atoms with van der Waals surface area (Å²) >= 11 is 0. The molecule has 10 heteroatoms. The van der Waals surface area contributed by atoms with Gasteiger partial charge in [-0.05, 0) is 43.7 Å². The Morgan fingerprint density at radius 3 is 2.51 bits per heavy atom. The Morgan fingerprint density at radius 2 is 1.73 bits per heavy atom. The van der Waals surface area contributed by atoms with E-state index in [2.05, 4.69) is 37.3 Å². The van der Waals surface area contributed by atoms with Crippen molar-refractivity contribution in [1.29, 1.82) is 0 Å². The number of hydrogen-bond acceptors (Lipinski definition) is 6. The van der Waals surface area contributed by atoms with Gasteiger partial charge in [0.15, 0.2) is 11.4 Å². The molecule has 3 aromatic carbocycles. The van der Waals surface area contributed by atoms with Crippen molar-refractivity contribution in [3.63, 3.8) is 0 Å². The number of urea groups is 1. The smallest absolute Gasteiger partial charge is 0.324 e. The van der Waals surface area contributed by atoms with Crippen LogP contribution in [-0.2, 0) is 0 Å². The molecular formula is C31H25N7O3. The number of amides is 2. The van der Waals surface area contributed by atoms with E-state index >= 15 is 0 Å². The Kier molecular flexibility index (Phi) is 6.48. The molecule has 0 aliphatic heterocycles. The molecule has 0 radical (unpaired) electrons. The summed E-state index contributed by atoms with van der Waals surface area (Å²) in [6.45, 7) is 7.87. The number of carbonyl (C=O) groups excluding carboxylic acids is 1. The SMILES string of the molecule is C=C(C)c1cc(NC(=O)Nc2ccc(Oc3ccnc4[nH]c(=O)cnc34)c3ccccc23)n(-c2ccc(C)cc2)n1. The summed E-state index contributed by atoms with van der Waals surface area (Å²) in [7, 11) is 0. The largest absolute Gasteiger partial charge is 0.454 e. The fourth-order valence-corrected chi connectivity index (χ4v) is 4.43. The van der Waals surface area contributed by atoms with Gasteiger partial charge in [0.25, 0.3) is 5.56 Å². The van der Waals surface area contributed by atoms with Crippen molar-refractivity contribution < 1.29 is 9.53 Å². The molecule has 6 aromatic rings. The number of anilines is 2. The summed E-state index contributed by atoms with van der Waals surface area (Å²) in [6.07, 6.45) is 2.73. The van der Waals surface area contributed by atoms with Gasteiger partial charge in [-0.1, -0.05) is 48.5 Å². The molecule has 3 aromatic heterocycles. The zero-order chi connectivity index (χ0) is 28.5. The number of fused-ring (bicyclic) bond motifs is 2. The van der Waals surface area contributed by atoms with Crippen LogP contribution in [0.4, 0.5) is 16.3 Å². The number of nitrogens with one attached hydrogen (secondary N) is 3. The molecule has 3 heterocycles. The topological polar surface area (TPSA) is 127 Å². The normalized spacial score (nSPS) is 11.0. The van der Waals surface area contributed by atoms with E-state index in [0.29, 0.717) is 39.9 Å². The lowest BCUT2D eigenvalue weighted by molar-refractivity contribution is 0.262. The molecule has 41 heavy (non-hydrogen) atoms. The van der Waals surface area contributed by atoms with Gasteiger partial charge in [0.05, 0.1) is 23.3 Å². The number of benzene rings is 3. The first-order valence-corrected chi connectivity index (χ1v) is 12.8. The molecule has 0 spiro atoms. The van der Waals surface area contributed by atoms with Crippen molar-refractivity contribution in [2.24, 2.45) is 0 Å². The maximum absolute atomic E-state index is 13.2. The van der Waals surface area contributed by atoms with E-state index in [9.17, 15) is 9.59 Å². The Balaban J connectivity index is 1.29. The van der Waals surface area contributed by atoms with E-state index in [0.717, 1.165) is 27.6 Å². The van der Waals surface area contributed by atoms with Crippen molar-refractivity contribution >= 4 is 45.0 Å². The van der Waals surface area contributed by atoms with E-state index in [4.69, 9.17) is 4.74 Å². The van der Waals surface area contributed by atoms with Crippen molar-refractivity contribution in [3.05, 3.63) is 113 Å². The number of aryl methyl sites for hydroxylation is 1. The van der Waals surface area contributed by atoms with Gasteiger partial charge in [0.2, 0.25) is 0 Å². The summed E-state index contributed by atoms with van der Waals surface area (Å²) in [4.78, 5) is 35.9. The van der Waals surface area contributed by atoms with Gasteiger partial charge in [-0.2, -0.15) is 5.10 Å². The third-order valence-electron chi connectivity index (χ3n) is 6.46. The van der Waals surface area contributed by atoms with Crippen LogP contribution in [0.25, 0.3) is 33.2 Å². The summed E-state index contributed by atoms with van der Waals surface area (Å²) in [5.74, 6) is 1.49. The first-order chi connectivity index (χ1) is 19.9. The fourth-order valence-electron chi connectivity index (χ4n) is 4.43. The second-order valence-electron chi connectivity index (χ2n) is 9.53. The standard InChI is InChI=1S/C31H25N7O3/c1-18(2)24-16-27(38(37-24)20-10-8-19(3)9-11-20)35-31(40)34-23-12-13-25(22-7-5-4-6-21(22)23)41-26-14-15-32-30-29(26)33-17-28(39)36-30/h4-17H,1H2,2-3H3,(H,32,36,39)(H2,34,35,40). The molecule has 3 N–H and O–H groups in total. The van der Waals surface area contributed by atoms with Crippen molar-refractivity contribution in [2.45, 2.75) is 13.8 Å². The van der Waals surface area contributed by atoms with Crippen LogP contribution in [0.5, 0.6) is 11.5 Å². The Bertz CT molecular complexity index is 2010. The number of aromatic amines is 1. The number of nitrogens with zero attached hydrogens (tertiary/aromatic N) is 4. The van der Waals surface area contributed by atoms with E-state index in [1.54, 1.807) is 35.1 Å². The Labute approximate surface area is 234 Å². The van der Waals surface area contributed by atoms with Gasteiger partial charge in [-0.3, -0.25) is 10.1 Å². The van der Waals surface area contributed by atoms with Crippen LogP contribution in [-0.4, -0.2) is 30.8 Å². The van der Waals surface area contributed by atoms with Gasteiger partial charge in [0, 0.05) is 29.1 Å². The summed E-state index contributed by atoms with van der Waals surface area (Å²) in [5.41, 5.74) is 4.39. The first kappa shape index (κ1) is 25.5. The lowest BCUT2D eigenvalue weighted by atomic mass is 10.1. The number of ether oxygens (including phenoxy) is 1. The highest BCUT2D eigenvalue weighted by atomic mass is 16.5. The minimum Gasteiger partial charge on any atom is -0.454 e. The van der Waals surface area contributed by atoms with E-state index in [1.165, 1.54) is 6.20 Å². The lowest BCUT2D eigenvalue weighted by Gasteiger charge is -2.14. The average Bonchev–Trinajstić information content (AvgIpc) is 3.38. The van der Waals surface area contributed by atoms with Crippen LogP contribution in [0.3, 0.4) is 0 Å². The van der Waals surface area contributed by atoms with Crippen LogP contribution in [0.2, 0.25) is 0 Å². The molecule has 0 unspecified atom stereocenters. The minimum atomic E-state index is -0.432. The third-order valence-corrected chi connectivity index (χ3v) is 6.46. The first-order valence-electron chi connectivity index (χ1n) is 12.8. The molecule has 10 nitrogen and oxygen atoms in total. The van der Waals surface area contributed by atoms with Gasteiger partial charge in [0.1, 0.15) is 17.1 Å². The van der Waals surface area contributed by atoms with Gasteiger partial charge >= 0.3 is 6.03 Å². The van der Waals surface area contributed by atoms with Crippen molar-refractivity contribution in [2.75, 3.05) is 10.6 Å². The van der Waals surface area contributed by atoms with Crippen LogP contribution in [0.15, 0.2) is 96.6 Å². The maximum Gasteiger partial charge on any atom is 0.324 e. The average molecular weight is 544 g/mol. The predicted octanol–water partition coefficient (Wildman–Crippen LogP) is 6.43. The Morgan fingerprint density at radius 1 is 0.951 bits per heavy atom. The second-order valence-corrected chi connectivity index (χ2v) is 9.53. The number of aromatic nitrogens is 5. The number of allylic oxidation sites excluding steroid dienone is 1. The lowest BCUT2D eigenvalue weighted by Crippen LogP contribution is -2.21. The molecule has 0 fully saturated rings. The van der Waals surface area contributed by atoms with Crippen LogP contribution in [0, 0.1) is 6.92 Å². The summed E-state index contributed by atoms with van der Waals surface area (Å²) < 4.78 is 7.90. The zero-order valence-electron chi connectivity index (χ0n) is 22.3. The highest BCUT2D eigenvalue weighted by Gasteiger charge is 2.16. The molecular weight excluding hydrogens is 518 g/mol. The summed E-state index contributed by atoms with van der Waals surface area (Å²) in [5, 5.41) is 12.1. The minimum absolute atomic E-state index is 0.328. The second kappa shape index (κ2) is 10.4. The van der Waals surface area contributed by atoms with Crippen LogP contribution < -0.4 is 20.9 Å². The number of hydrogen-bond donors (Lipinski definition) is 3. The monoisotopic (exact) mass is 543 g/mol. The van der Waals surface area contributed by atoms with E-state index < -0.39 is 6.03 Å². The molecule has 202 valence electrons. The number of H-pyrrole nitrogens is 1. The van der Waals surface area contributed by atoms with Crippen LogP contribution >= 0.6 is 0 Å². The number of rotatable bonds is 6. The van der Waals surface area contributed by atoms with E-state index in [-0.39, 0.29) is 5.56 Å². The molecule has 0 saturated heterocycles. The van der Waals surface area contributed by atoms with Gasteiger partial charge in [-0.15, -0.1) is 0 Å². The molecule has 0 aliphatic carbocycles. The molecule has 2 amide bonds. The predicted molar refractivity (Wildman–Crippen MR) is 160 cm³/mol. The third kappa shape index (κ3) is 5.13. The van der Waals surface area contributed by atoms with Crippen molar-refractivity contribution in [3.8, 4) is 17.2 Å². The molecule has 0 aliphatic rings. The summed E-state index contributed by atoms with van der Waals surface area (Å²) in [6, 6.07) is 22.0. The molecule has 0 bridgehead atoms. The molecule has 0 atom stereocenters. The van der Waals surface area contributed by atoms with Crippen molar-refractivity contribution in [1.82, 2.24) is 24.7 Å². The number of pyridine rings is 1. The number of carbonyl (C=O) groups is 1.